The zero-order valence-electron chi connectivity index (χ0n) is 28.0. The summed E-state index contributed by atoms with van der Waals surface area (Å²) in [6, 6.07) is 60.8. The summed E-state index contributed by atoms with van der Waals surface area (Å²) < 4.78 is 4.76. The molecular weight excluding hydrogens is 635 g/mol. The molecule has 0 aliphatic rings. The molecule has 0 bridgehead atoms. The SMILES string of the molecule is [C-]#[N+]c1c(-c2ccccc2)nc(-c2ccc3c4ccc5c(c6ccccc6n5-c5ccccc5)c4n(-c4ccccc4)c3c2)nc1-c1ccccc1. The molecule has 5 nitrogen and oxygen atoms in total. The Morgan fingerprint density at radius 1 is 0.423 bits per heavy atom. The lowest BCUT2D eigenvalue weighted by molar-refractivity contribution is 1.17. The van der Waals surface area contributed by atoms with Crippen molar-refractivity contribution in [2.24, 2.45) is 0 Å². The van der Waals surface area contributed by atoms with E-state index in [0.29, 0.717) is 22.9 Å². The minimum absolute atomic E-state index is 0.442. The van der Waals surface area contributed by atoms with Gasteiger partial charge in [0.15, 0.2) is 5.82 Å². The Hall–Kier alpha value is -7.29. The average Bonchev–Trinajstić information content (AvgIpc) is 3.74. The van der Waals surface area contributed by atoms with Gasteiger partial charge in [-0.3, -0.25) is 0 Å². The number of nitrogens with zero attached hydrogens (tertiary/aromatic N) is 5. The molecule has 0 saturated heterocycles. The molecule has 0 N–H and O–H groups in total. The quantitative estimate of drug-likeness (QED) is 0.172. The third-order valence-corrected chi connectivity index (χ3v) is 9.94. The normalized spacial score (nSPS) is 11.4. The van der Waals surface area contributed by atoms with Crippen molar-refractivity contribution in [1.82, 2.24) is 19.1 Å². The fourth-order valence-electron chi connectivity index (χ4n) is 7.68. The van der Waals surface area contributed by atoms with Crippen molar-refractivity contribution in [3.8, 4) is 45.3 Å². The second kappa shape index (κ2) is 11.9. The van der Waals surface area contributed by atoms with Crippen LogP contribution in [0, 0.1) is 6.57 Å². The maximum absolute atomic E-state index is 8.21. The average molecular weight is 664 g/mol. The van der Waals surface area contributed by atoms with E-state index in [4.69, 9.17) is 16.5 Å². The molecule has 242 valence electrons. The van der Waals surface area contributed by atoms with E-state index in [0.717, 1.165) is 55.5 Å². The Morgan fingerprint density at radius 2 is 0.962 bits per heavy atom. The molecule has 10 rings (SSSR count). The number of benzene rings is 7. The van der Waals surface area contributed by atoms with Crippen LogP contribution in [0.3, 0.4) is 0 Å². The third kappa shape index (κ3) is 4.56. The summed E-state index contributed by atoms with van der Waals surface area (Å²) in [5, 5.41) is 4.72. The summed E-state index contributed by atoms with van der Waals surface area (Å²) in [4.78, 5) is 14.2. The molecule has 0 amide bonds. The summed E-state index contributed by atoms with van der Waals surface area (Å²) >= 11 is 0. The largest absolute Gasteiger partial charge is 0.309 e. The number of rotatable bonds is 5. The van der Waals surface area contributed by atoms with E-state index in [1.54, 1.807) is 0 Å². The van der Waals surface area contributed by atoms with Crippen LogP contribution < -0.4 is 0 Å². The topological polar surface area (TPSA) is 40.0 Å². The van der Waals surface area contributed by atoms with Crippen LogP contribution in [0.15, 0.2) is 176 Å². The molecule has 0 radical (unpaired) electrons. The van der Waals surface area contributed by atoms with Crippen LogP contribution in [0.4, 0.5) is 5.69 Å². The van der Waals surface area contributed by atoms with Crippen molar-refractivity contribution >= 4 is 49.3 Å². The Morgan fingerprint density at radius 3 is 1.58 bits per heavy atom. The Labute approximate surface area is 300 Å². The van der Waals surface area contributed by atoms with Gasteiger partial charge in [-0.15, -0.1) is 0 Å². The number of hydrogen-bond acceptors (Lipinski definition) is 2. The number of hydrogen-bond donors (Lipinski definition) is 0. The molecule has 0 unspecified atom stereocenters. The van der Waals surface area contributed by atoms with Crippen LogP contribution in [0.5, 0.6) is 0 Å². The maximum Gasteiger partial charge on any atom is 0.238 e. The number of para-hydroxylation sites is 3. The highest BCUT2D eigenvalue weighted by Crippen LogP contribution is 2.44. The first kappa shape index (κ1) is 29.6. The zero-order chi connectivity index (χ0) is 34.6. The highest BCUT2D eigenvalue weighted by molar-refractivity contribution is 6.26. The standard InChI is InChI=1S/C47H29N5/c1-48-45-43(31-16-6-2-7-17-31)49-47(50-44(45)32-18-8-3-9-19-32)33-26-27-36-37-28-29-40-42(46(37)52(41(36)30-33)35-22-12-5-13-23-35)38-24-14-15-25-39(38)51(40)34-20-10-4-11-21-34/h2-30H. The van der Waals surface area contributed by atoms with E-state index in [1.165, 1.54) is 16.2 Å². The zero-order valence-corrected chi connectivity index (χ0v) is 28.0. The molecule has 3 aromatic heterocycles. The van der Waals surface area contributed by atoms with E-state index in [1.807, 2.05) is 60.7 Å². The third-order valence-electron chi connectivity index (χ3n) is 9.94. The van der Waals surface area contributed by atoms with Gasteiger partial charge >= 0.3 is 0 Å². The van der Waals surface area contributed by atoms with Gasteiger partial charge < -0.3 is 9.13 Å². The van der Waals surface area contributed by atoms with Gasteiger partial charge in [-0.25, -0.2) is 14.8 Å². The van der Waals surface area contributed by atoms with Crippen molar-refractivity contribution in [1.29, 1.82) is 0 Å². The summed E-state index contributed by atoms with van der Waals surface area (Å²) in [7, 11) is 0. The first-order valence-corrected chi connectivity index (χ1v) is 17.3. The minimum atomic E-state index is 0.442. The fraction of sp³-hybridized carbons (Fsp3) is 0. The molecule has 10 aromatic rings. The molecule has 0 spiro atoms. The van der Waals surface area contributed by atoms with Crippen LogP contribution in [0.1, 0.15) is 0 Å². The summed E-state index contributed by atoms with van der Waals surface area (Å²) in [6.07, 6.45) is 0. The van der Waals surface area contributed by atoms with Crippen LogP contribution >= 0.6 is 0 Å². The summed E-state index contributed by atoms with van der Waals surface area (Å²) in [6.45, 7) is 8.21. The first-order valence-electron chi connectivity index (χ1n) is 17.3. The lowest BCUT2D eigenvalue weighted by Crippen LogP contribution is -1.98. The van der Waals surface area contributed by atoms with E-state index < -0.39 is 0 Å². The highest BCUT2D eigenvalue weighted by Gasteiger charge is 2.23. The Bertz CT molecular complexity index is 2930. The van der Waals surface area contributed by atoms with E-state index in [-0.39, 0.29) is 0 Å². The predicted octanol–water partition coefficient (Wildman–Crippen LogP) is 12.2. The van der Waals surface area contributed by atoms with Crippen LogP contribution in [-0.4, -0.2) is 19.1 Å². The first-order chi connectivity index (χ1) is 25.8. The number of aromatic nitrogens is 4. The summed E-state index contributed by atoms with van der Waals surface area (Å²) in [5.74, 6) is 0.572. The van der Waals surface area contributed by atoms with Gasteiger partial charge in [0.2, 0.25) is 5.69 Å². The Balaban J connectivity index is 1.31. The van der Waals surface area contributed by atoms with Crippen molar-refractivity contribution < 1.29 is 0 Å². The van der Waals surface area contributed by atoms with Gasteiger partial charge in [-0.1, -0.05) is 133 Å². The van der Waals surface area contributed by atoms with Crippen molar-refractivity contribution in [2.75, 3.05) is 0 Å². The number of fused-ring (bicyclic) bond motifs is 7. The minimum Gasteiger partial charge on any atom is -0.309 e. The molecular formula is C47H29N5. The molecule has 3 heterocycles. The highest BCUT2D eigenvalue weighted by atomic mass is 15.0. The van der Waals surface area contributed by atoms with E-state index in [9.17, 15) is 0 Å². The molecule has 0 atom stereocenters. The van der Waals surface area contributed by atoms with Gasteiger partial charge in [0.1, 0.15) is 0 Å². The summed E-state index contributed by atoms with van der Waals surface area (Å²) in [5.41, 5.74) is 11.1. The van der Waals surface area contributed by atoms with Gasteiger partial charge in [0.05, 0.1) is 40.0 Å². The molecule has 7 aromatic carbocycles. The van der Waals surface area contributed by atoms with Crippen molar-refractivity contribution in [3.63, 3.8) is 0 Å². The second-order valence-electron chi connectivity index (χ2n) is 12.9. The van der Waals surface area contributed by atoms with Crippen LogP contribution in [0.25, 0.3) is 93.7 Å². The Kier molecular flexibility index (Phi) is 6.80. The molecule has 0 aliphatic carbocycles. The molecule has 5 heteroatoms. The van der Waals surface area contributed by atoms with Gasteiger partial charge in [0, 0.05) is 38.5 Å². The molecule has 52 heavy (non-hydrogen) atoms. The molecule has 0 fully saturated rings. The van der Waals surface area contributed by atoms with E-state index >= 15 is 0 Å². The lowest BCUT2D eigenvalue weighted by Gasteiger charge is -2.13. The molecule has 0 aliphatic heterocycles. The van der Waals surface area contributed by atoms with Gasteiger partial charge in [-0.05, 0) is 53.6 Å². The maximum atomic E-state index is 8.21. The molecule has 0 saturated carbocycles. The smallest absolute Gasteiger partial charge is 0.238 e. The van der Waals surface area contributed by atoms with Crippen LogP contribution in [0.2, 0.25) is 0 Å². The van der Waals surface area contributed by atoms with E-state index in [2.05, 4.69) is 129 Å². The second-order valence-corrected chi connectivity index (χ2v) is 12.9. The van der Waals surface area contributed by atoms with Crippen LogP contribution in [-0.2, 0) is 0 Å². The predicted molar refractivity (Wildman–Crippen MR) is 213 cm³/mol. The van der Waals surface area contributed by atoms with Crippen molar-refractivity contribution in [2.45, 2.75) is 0 Å². The monoisotopic (exact) mass is 663 g/mol. The van der Waals surface area contributed by atoms with Gasteiger partial charge in [-0.2, -0.15) is 0 Å². The van der Waals surface area contributed by atoms with Crippen molar-refractivity contribution in [3.05, 3.63) is 187 Å². The lowest BCUT2D eigenvalue weighted by atomic mass is 10.0. The fourth-order valence-corrected chi connectivity index (χ4v) is 7.68. The van der Waals surface area contributed by atoms with Gasteiger partial charge in [0.25, 0.3) is 0 Å².